The number of aliphatic hydroxyl groups excluding tert-OH is 1. The minimum Gasteiger partial charge on any atom is -0.392 e. The third-order valence-corrected chi connectivity index (χ3v) is 3.59. The fraction of sp³-hybridized carbons (Fsp3) is 1.00. The molecule has 0 aromatic heterocycles. The molecule has 1 rings (SSSR count). The molecule has 1 aliphatic carbocycles. The van der Waals surface area contributed by atoms with E-state index >= 15 is 0 Å². The van der Waals surface area contributed by atoms with E-state index in [0.29, 0.717) is 0 Å². The van der Waals surface area contributed by atoms with E-state index in [9.17, 15) is 5.11 Å². The number of aliphatic hydroxyl groups is 1. The summed E-state index contributed by atoms with van der Waals surface area (Å²) < 4.78 is 0. The Kier molecular flexibility index (Phi) is 4.44. The average Bonchev–Trinajstić information content (AvgIpc) is 2.70. The minimum absolute atomic E-state index is 0.0405. The SMILES string of the molecule is CC(C)CSCC(O)CC1CC1. The summed E-state index contributed by atoms with van der Waals surface area (Å²) in [6.45, 7) is 4.44. The fourth-order valence-electron chi connectivity index (χ4n) is 1.25. The summed E-state index contributed by atoms with van der Waals surface area (Å²) in [5, 5.41) is 9.55. The topological polar surface area (TPSA) is 20.2 Å². The predicted octanol–water partition coefficient (Wildman–Crippen LogP) is 2.54. The molecule has 0 spiro atoms. The van der Waals surface area contributed by atoms with Crippen LogP contribution >= 0.6 is 11.8 Å². The fourth-order valence-corrected chi connectivity index (χ4v) is 2.26. The second-order valence-corrected chi connectivity index (χ2v) is 5.34. The molecule has 1 saturated carbocycles. The van der Waals surface area contributed by atoms with Crippen molar-refractivity contribution in [2.24, 2.45) is 11.8 Å². The summed E-state index contributed by atoms with van der Waals surface area (Å²) in [7, 11) is 0. The van der Waals surface area contributed by atoms with Gasteiger partial charge in [0.2, 0.25) is 0 Å². The lowest BCUT2D eigenvalue weighted by molar-refractivity contribution is 0.182. The summed E-state index contributed by atoms with van der Waals surface area (Å²) in [5.41, 5.74) is 0. The van der Waals surface area contributed by atoms with Crippen molar-refractivity contribution in [1.82, 2.24) is 0 Å². The normalized spacial score (nSPS) is 20.0. The van der Waals surface area contributed by atoms with E-state index in [0.717, 1.165) is 24.0 Å². The van der Waals surface area contributed by atoms with Crippen LogP contribution in [0.2, 0.25) is 0 Å². The molecule has 2 heteroatoms. The van der Waals surface area contributed by atoms with Crippen molar-refractivity contribution in [3.05, 3.63) is 0 Å². The molecule has 0 aromatic carbocycles. The Bertz CT molecular complexity index is 121. The molecule has 1 N–H and O–H groups in total. The van der Waals surface area contributed by atoms with Crippen molar-refractivity contribution in [2.45, 2.75) is 39.2 Å². The van der Waals surface area contributed by atoms with E-state index in [1.807, 2.05) is 11.8 Å². The molecule has 1 atom stereocenters. The van der Waals surface area contributed by atoms with E-state index in [4.69, 9.17) is 0 Å². The highest BCUT2D eigenvalue weighted by Gasteiger charge is 2.24. The van der Waals surface area contributed by atoms with Crippen LogP contribution in [0.15, 0.2) is 0 Å². The number of thioether (sulfide) groups is 1. The molecule has 1 fully saturated rings. The monoisotopic (exact) mass is 188 g/mol. The van der Waals surface area contributed by atoms with Crippen LogP contribution in [0.1, 0.15) is 33.1 Å². The second kappa shape index (κ2) is 5.13. The van der Waals surface area contributed by atoms with Crippen LogP contribution in [0.4, 0.5) is 0 Å². The molecule has 0 heterocycles. The molecule has 1 nitrogen and oxygen atoms in total. The molecule has 0 aromatic rings. The van der Waals surface area contributed by atoms with Gasteiger partial charge in [-0.15, -0.1) is 0 Å². The molecule has 72 valence electrons. The molecular formula is C10H20OS. The molecule has 0 saturated heterocycles. The van der Waals surface area contributed by atoms with Crippen molar-refractivity contribution >= 4 is 11.8 Å². The Hall–Kier alpha value is 0.310. The molecule has 0 amide bonds. The Morgan fingerprint density at radius 1 is 1.33 bits per heavy atom. The summed E-state index contributed by atoms with van der Waals surface area (Å²) in [5.74, 6) is 3.74. The lowest BCUT2D eigenvalue weighted by Crippen LogP contribution is -2.11. The highest BCUT2D eigenvalue weighted by Crippen LogP contribution is 2.34. The molecule has 0 aliphatic heterocycles. The predicted molar refractivity (Wildman–Crippen MR) is 55.5 cm³/mol. The highest BCUT2D eigenvalue weighted by molar-refractivity contribution is 7.99. The van der Waals surface area contributed by atoms with Crippen molar-refractivity contribution in [1.29, 1.82) is 0 Å². The highest BCUT2D eigenvalue weighted by atomic mass is 32.2. The Labute approximate surface area is 79.9 Å². The van der Waals surface area contributed by atoms with Crippen LogP contribution in [0, 0.1) is 11.8 Å². The average molecular weight is 188 g/mol. The number of hydrogen-bond acceptors (Lipinski definition) is 2. The Morgan fingerprint density at radius 3 is 2.50 bits per heavy atom. The molecule has 0 bridgehead atoms. The van der Waals surface area contributed by atoms with Gasteiger partial charge in [-0.2, -0.15) is 11.8 Å². The number of hydrogen-bond donors (Lipinski definition) is 1. The van der Waals surface area contributed by atoms with Crippen molar-refractivity contribution in [3.8, 4) is 0 Å². The first-order chi connectivity index (χ1) is 5.68. The van der Waals surface area contributed by atoms with Crippen molar-refractivity contribution < 1.29 is 5.11 Å². The molecule has 0 radical (unpaired) electrons. The van der Waals surface area contributed by atoms with E-state index in [1.165, 1.54) is 18.6 Å². The molecule has 12 heavy (non-hydrogen) atoms. The van der Waals surface area contributed by atoms with Crippen molar-refractivity contribution in [3.63, 3.8) is 0 Å². The van der Waals surface area contributed by atoms with E-state index < -0.39 is 0 Å². The van der Waals surface area contributed by atoms with E-state index in [2.05, 4.69) is 13.8 Å². The van der Waals surface area contributed by atoms with Crippen LogP contribution in [0.5, 0.6) is 0 Å². The van der Waals surface area contributed by atoms with Gasteiger partial charge in [0.1, 0.15) is 0 Å². The molecular weight excluding hydrogens is 168 g/mol. The van der Waals surface area contributed by atoms with Gasteiger partial charge in [-0.25, -0.2) is 0 Å². The first-order valence-electron chi connectivity index (χ1n) is 4.94. The lowest BCUT2D eigenvalue weighted by atomic mass is 10.2. The Morgan fingerprint density at radius 2 is 2.00 bits per heavy atom. The maximum absolute atomic E-state index is 9.55. The zero-order valence-electron chi connectivity index (χ0n) is 8.12. The zero-order valence-corrected chi connectivity index (χ0v) is 8.94. The number of rotatable bonds is 6. The summed E-state index contributed by atoms with van der Waals surface area (Å²) in [6.07, 6.45) is 3.71. The third kappa shape index (κ3) is 5.04. The first-order valence-corrected chi connectivity index (χ1v) is 6.09. The summed E-state index contributed by atoms with van der Waals surface area (Å²) in [4.78, 5) is 0. The van der Waals surface area contributed by atoms with Gasteiger partial charge in [-0.3, -0.25) is 0 Å². The van der Waals surface area contributed by atoms with Gasteiger partial charge in [-0.05, 0) is 24.0 Å². The summed E-state index contributed by atoms with van der Waals surface area (Å²) >= 11 is 1.89. The van der Waals surface area contributed by atoms with Gasteiger partial charge < -0.3 is 5.11 Å². The quantitative estimate of drug-likeness (QED) is 0.691. The van der Waals surface area contributed by atoms with Gasteiger partial charge >= 0.3 is 0 Å². The van der Waals surface area contributed by atoms with Gasteiger partial charge in [0.15, 0.2) is 0 Å². The largest absolute Gasteiger partial charge is 0.392 e. The van der Waals surface area contributed by atoms with Crippen LogP contribution in [-0.4, -0.2) is 22.7 Å². The van der Waals surface area contributed by atoms with E-state index in [-0.39, 0.29) is 6.10 Å². The van der Waals surface area contributed by atoms with Crippen molar-refractivity contribution in [2.75, 3.05) is 11.5 Å². The smallest absolute Gasteiger partial charge is 0.0633 e. The molecule has 1 unspecified atom stereocenters. The van der Waals surface area contributed by atoms with Crippen LogP contribution in [-0.2, 0) is 0 Å². The zero-order chi connectivity index (χ0) is 8.97. The van der Waals surface area contributed by atoms with Crippen LogP contribution < -0.4 is 0 Å². The van der Waals surface area contributed by atoms with Crippen LogP contribution in [0.25, 0.3) is 0 Å². The van der Waals surface area contributed by atoms with Gasteiger partial charge in [0.05, 0.1) is 6.10 Å². The maximum Gasteiger partial charge on any atom is 0.0633 e. The molecule has 1 aliphatic rings. The van der Waals surface area contributed by atoms with E-state index in [1.54, 1.807) is 0 Å². The van der Waals surface area contributed by atoms with Gasteiger partial charge in [0.25, 0.3) is 0 Å². The minimum atomic E-state index is -0.0405. The van der Waals surface area contributed by atoms with Crippen LogP contribution in [0.3, 0.4) is 0 Å². The maximum atomic E-state index is 9.55. The Balaban J connectivity index is 1.90. The standard InChI is InChI=1S/C10H20OS/c1-8(2)6-12-7-10(11)5-9-3-4-9/h8-11H,3-7H2,1-2H3. The second-order valence-electron chi connectivity index (χ2n) is 4.26. The van der Waals surface area contributed by atoms with Gasteiger partial charge in [-0.1, -0.05) is 26.7 Å². The first kappa shape index (κ1) is 10.4. The van der Waals surface area contributed by atoms with Gasteiger partial charge in [0, 0.05) is 5.75 Å². The summed E-state index contributed by atoms with van der Waals surface area (Å²) in [6, 6.07) is 0. The lowest BCUT2D eigenvalue weighted by Gasteiger charge is -2.10. The third-order valence-electron chi connectivity index (χ3n) is 2.06.